The highest BCUT2D eigenvalue weighted by Gasteiger charge is 2.44. The largest absolute Gasteiger partial charge is 0.388 e. The SMILES string of the molecule is O[C@@H]1[C@H]([C@@H]2COC(c3ccccc3Cl)O2)OC(c2ccccc2Cl)OC[C@H]1O. The fourth-order valence-electron chi connectivity index (χ4n) is 3.32. The van der Waals surface area contributed by atoms with E-state index in [1.54, 1.807) is 24.3 Å². The van der Waals surface area contributed by atoms with Crippen LogP contribution in [0.5, 0.6) is 0 Å². The van der Waals surface area contributed by atoms with E-state index in [1.165, 1.54) is 0 Å². The maximum atomic E-state index is 10.6. The van der Waals surface area contributed by atoms with Crippen molar-refractivity contribution in [1.29, 1.82) is 0 Å². The lowest BCUT2D eigenvalue weighted by atomic mass is 10.0. The minimum Gasteiger partial charge on any atom is -0.388 e. The van der Waals surface area contributed by atoms with Gasteiger partial charge in [0.2, 0.25) is 0 Å². The third kappa shape index (κ3) is 4.06. The predicted molar refractivity (Wildman–Crippen MR) is 102 cm³/mol. The van der Waals surface area contributed by atoms with Crippen LogP contribution >= 0.6 is 23.2 Å². The Morgan fingerprint density at radius 2 is 1.29 bits per heavy atom. The molecule has 2 N–H and O–H groups in total. The fraction of sp³-hybridized carbons (Fsp3) is 0.400. The van der Waals surface area contributed by atoms with Crippen LogP contribution in [0.2, 0.25) is 10.0 Å². The van der Waals surface area contributed by atoms with Crippen LogP contribution in [0.4, 0.5) is 0 Å². The fourth-order valence-corrected chi connectivity index (χ4v) is 3.77. The van der Waals surface area contributed by atoms with Gasteiger partial charge in [-0.15, -0.1) is 0 Å². The molecule has 0 radical (unpaired) electrons. The first-order valence-electron chi connectivity index (χ1n) is 8.93. The number of aliphatic hydroxyl groups is 2. The molecule has 0 aliphatic carbocycles. The van der Waals surface area contributed by atoms with E-state index in [2.05, 4.69) is 0 Å². The molecule has 2 aromatic carbocycles. The summed E-state index contributed by atoms with van der Waals surface area (Å²) in [5, 5.41) is 21.8. The van der Waals surface area contributed by atoms with Gasteiger partial charge in [0.05, 0.1) is 13.2 Å². The van der Waals surface area contributed by atoms with E-state index in [9.17, 15) is 10.2 Å². The molecule has 4 rings (SSSR count). The average molecular weight is 427 g/mol. The summed E-state index contributed by atoms with van der Waals surface area (Å²) in [4.78, 5) is 0. The van der Waals surface area contributed by atoms with Gasteiger partial charge in [0.15, 0.2) is 12.6 Å². The van der Waals surface area contributed by atoms with Crippen molar-refractivity contribution in [3.8, 4) is 0 Å². The second kappa shape index (κ2) is 8.65. The smallest absolute Gasteiger partial charge is 0.185 e. The number of ether oxygens (including phenoxy) is 4. The monoisotopic (exact) mass is 426 g/mol. The lowest BCUT2D eigenvalue weighted by molar-refractivity contribution is -0.200. The summed E-state index contributed by atoms with van der Waals surface area (Å²) < 4.78 is 23.3. The van der Waals surface area contributed by atoms with Crippen LogP contribution in [0, 0.1) is 0 Å². The first kappa shape index (κ1) is 20.1. The van der Waals surface area contributed by atoms with Crippen LogP contribution < -0.4 is 0 Å². The van der Waals surface area contributed by atoms with Gasteiger partial charge in [-0.05, 0) is 12.1 Å². The van der Waals surface area contributed by atoms with Crippen LogP contribution in [-0.2, 0) is 18.9 Å². The van der Waals surface area contributed by atoms with Crippen molar-refractivity contribution in [2.75, 3.05) is 13.2 Å². The second-order valence-electron chi connectivity index (χ2n) is 6.71. The van der Waals surface area contributed by atoms with E-state index in [-0.39, 0.29) is 13.2 Å². The number of hydrogen-bond donors (Lipinski definition) is 2. The Labute approximate surface area is 172 Å². The molecule has 6 atom stereocenters. The molecule has 2 unspecified atom stereocenters. The summed E-state index contributed by atoms with van der Waals surface area (Å²) in [6.07, 6.45) is -5.40. The summed E-state index contributed by atoms with van der Waals surface area (Å²) in [5.74, 6) is 0. The molecule has 0 amide bonds. The molecule has 2 fully saturated rings. The Hall–Kier alpha value is -1.22. The summed E-state index contributed by atoms with van der Waals surface area (Å²) >= 11 is 12.5. The van der Waals surface area contributed by atoms with Crippen molar-refractivity contribution in [2.45, 2.75) is 37.0 Å². The topological polar surface area (TPSA) is 77.4 Å². The van der Waals surface area contributed by atoms with Crippen molar-refractivity contribution in [2.24, 2.45) is 0 Å². The van der Waals surface area contributed by atoms with Gasteiger partial charge in [-0.2, -0.15) is 0 Å². The number of halogens is 2. The van der Waals surface area contributed by atoms with E-state index in [0.29, 0.717) is 21.2 Å². The van der Waals surface area contributed by atoms with Gasteiger partial charge in [-0.25, -0.2) is 0 Å². The molecular formula is C20H20Cl2O6. The zero-order valence-corrected chi connectivity index (χ0v) is 16.3. The summed E-state index contributed by atoms with van der Waals surface area (Å²) in [6.45, 7) is 0.0641. The van der Waals surface area contributed by atoms with Crippen molar-refractivity contribution in [3.63, 3.8) is 0 Å². The number of benzene rings is 2. The molecule has 28 heavy (non-hydrogen) atoms. The molecule has 0 bridgehead atoms. The standard InChI is InChI=1S/C20H20Cl2O6/c21-13-7-3-1-5-11(13)19-26-10-16(27-19)18-17(24)15(23)9-25-20(28-18)12-6-2-4-8-14(12)22/h1-8,15-20,23-24H,9-10H2/t15-,16+,17+,18+,19?,20?/m1/s1. The van der Waals surface area contributed by atoms with Crippen LogP contribution in [0.15, 0.2) is 48.5 Å². The Morgan fingerprint density at radius 3 is 1.89 bits per heavy atom. The maximum absolute atomic E-state index is 10.6. The number of hydrogen-bond acceptors (Lipinski definition) is 6. The lowest BCUT2D eigenvalue weighted by Gasteiger charge is -2.28. The Morgan fingerprint density at radius 1 is 0.750 bits per heavy atom. The van der Waals surface area contributed by atoms with Gasteiger partial charge in [-0.3, -0.25) is 0 Å². The third-order valence-corrected chi connectivity index (χ3v) is 5.51. The quantitative estimate of drug-likeness (QED) is 0.784. The van der Waals surface area contributed by atoms with E-state index < -0.39 is 37.0 Å². The highest BCUT2D eigenvalue weighted by Crippen LogP contribution is 2.37. The Kier molecular flexibility index (Phi) is 6.20. The molecule has 2 heterocycles. The molecule has 6 nitrogen and oxygen atoms in total. The zero-order valence-electron chi connectivity index (χ0n) is 14.8. The van der Waals surface area contributed by atoms with Gasteiger partial charge >= 0.3 is 0 Å². The predicted octanol–water partition coefficient (Wildman–Crippen LogP) is 3.24. The average Bonchev–Trinajstić information content (AvgIpc) is 3.12. The molecule has 0 saturated carbocycles. The maximum Gasteiger partial charge on any atom is 0.185 e. The molecule has 2 aliphatic heterocycles. The molecule has 2 aliphatic rings. The molecule has 0 spiro atoms. The molecule has 150 valence electrons. The van der Waals surface area contributed by atoms with Gasteiger partial charge in [0.25, 0.3) is 0 Å². The summed E-state index contributed by atoms with van der Waals surface area (Å²) in [7, 11) is 0. The minimum absolute atomic E-state index is 0.102. The lowest BCUT2D eigenvalue weighted by Crippen LogP contribution is -2.46. The summed E-state index contributed by atoms with van der Waals surface area (Å²) in [5.41, 5.74) is 1.30. The van der Waals surface area contributed by atoms with E-state index in [1.807, 2.05) is 24.3 Å². The van der Waals surface area contributed by atoms with E-state index >= 15 is 0 Å². The van der Waals surface area contributed by atoms with E-state index in [4.69, 9.17) is 42.1 Å². The zero-order chi connectivity index (χ0) is 19.7. The third-order valence-electron chi connectivity index (χ3n) is 4.82. The van der Waals surface area contributed by atoms with Crippen LogP contribution in [0.25, 0.3) is 0 Å². The summed E-state index contributed by atoms with van der Waals surface area (Å²) in [6, 6.07) is 14.3. The van der Waals surface area contributed by atoms with Crippen molar-refractivity contribution < 1.29 is 29.2 Å². The van der Waals surface area contributed by atoms with Crippen LogP contribution in [-0.4, -0.2) is 47.8 Å². The first-order valence-corrected chi connectivity index (χ1v) is 9.69. The van der Waals surface area contributed by atoms with Crippen molar-refractivity contribution in [1.82, 2.24) is 0 Å². The molecule has 0 aromatic heterocycles. The molecule has 8 heteroatoms. The molecular weight excluding hydrogens is 407 g/mol. The molecule has 2 saturated heterocycles. The van der Waals surface area contributed by atoms with Gasteiger partial charge < -0.3 is 29.2 Å². The highest BCUT2D eigenvalue weighted by atomic mass is 35.5. The first-order chi connectivity index (χ1) is 13.5. The Bertz CT molecular complexity index is 819. The number of rotatable bonds is 3. The van der Waals surface area contributed by atoms with Crippen molar-refractivity contribution in [3.05, 3.63) is 69.7 Å². The number of aliphatic hydroxyl groups excluding tert-OH is 2. The van der Waals surface area contributed by atoms with Gasteiger partial charge in [0.1, 0.15) is 24.4 Å². The van der Waals surface area contributed by atoms with E-state index in [0.717, 1.165) is 0 Å². The van der Waals surface area contributed by atoms with Crippen LogP contribution in [0.3, 0.4) is 0 Å². The normalized spacial score (nSPS) is 33.6. The van der Waals surface area contributed by atoms with Crippen LogP contribution in [0.1, 0.15) is 23.7 Å². The minimum atomic E-state index is -1.22. The Balaban J connectivity index is 1.55. The second-order valence-corrected chi connectivity index (χ2v) is 7.52. The van der Waals surface area contributed by atoms with Crippen molar-refractivity contribution >= 4 is 23.2 Å². The highest BCUT2D eigenvalue weighted by molar-refractivity contribution is 6.31. The molecule has 2 aromatic rings. The van der Waals surface area contributed by atoms with Gasteiger partial charge in [-0.1, -0.05) is 59.6 Å². The van der Waals surface area contributed by atoms with Gasteiger partial charge in [0, 0.05) is 21.2 Å².